The van der Waals surface area contributed by atoms with E-state index in [2.05, 4.69) is 10.6 Å². The van der Waals surface area contributed by atoms with Crippen molar-refractivity contribution in [1.29, 1.82) is 0 Å². The highest BCUT2D eigenvalue weighted by molar-refractivity contribution is 5.76. The summed E-state index contributed by atoms with van der Waals surface area (Å²) >= 11 is 0. The summed E-state index contributed by atoms with van der Waals surface area (Å²) in [5.41, 5.74) is 1.06. The number of carbonyl (C=O) groups is 1. The molecule has 104 valence electrons. The van der Waals surface area contributed by atoms with Crippen LogP contribution in [0.25, 0.3) is 0 Å². The van der Waals surface area contributed by atoms with Crippen LogP contribution in [0, 0.1) is 0 Å². The quantitative estimate of drug-likeness (QED) is 0.790. The summed E-state index contributed by atoms with van der Waals surface area (Å²) < 4.78 is 5.19. The van der Waals surface area contributed by atoms with E-state index in [-0.39, 0.29) is 11.9 Å². The fourth-order valence-corrected chi connectivity index (χ4v) is 1.99. The number of carbonyl (C=O) groups excluding carboxylic acids is 1. The number of amides is 1. The van der Waals surface area contributed by atoms with E-state index in [1.165, 1.54) is 12.8 Å². The summed E-state index contributed by atoms with van der Waals surface area (Å²) in [6, 6.07) is 8.44. The van der Waals surface area contributed by atoms with Gasteiger partial charge in [0.15, 0.2) is 0 Å². The number of rotatable bonds is 7. The molecule has 1 aliphatic carbocycles. The van der Waals surface area contributed by atoms with Crippen molar-refractivity contribution in [2.75, 3.05) is 13.7 Å². The molecule has 1 atom stereocenters. The first-order valence-corrected chi connectivity index (χ1v) is 6.85. The maximum absolute atomic E-state index is 11.8. The van der Waals surface area contributed by atoms with Gasteiger partial charge < -0.3 is 15.4 Å². The predicted molar refractivity (Wildman–Crippen MR) is 75.2 cm³/mol. The van der Waals surface area contributed by atoms with Gasteiger partial charge in [-0.05, 0) is 37.5 Å². The fraction of sp³-hybridized carbons (Fsp3) is 0.533. The molecular formula is C15H22N2O2. The van der Waals surface area contributed by atoms with E-state index in [1.54, 1.807) is 7.11 Å². The van der Waals surface area contributed by atoms with Crippen LogP contribution in [0.5, 0.6) is 5.75 Å². The standard InChI is InChI=1S/C15H22N2O2/c1-11(12-4-3-5-14(10-12)19-2)17-15(18)8-9-16-13-6-7-13/h3-5,10-11,13,16H,6-9H2,1-2H3,(H,17,18). The molecule has 4 nitrogen and oxygen atoms in total. The van der Waals surface area contributed by atoms with Gasteiger partial charge in [0, 0.05) is 19.0 Å². The van der Waals surface area contributed by atoms with E-state index in [0.29, 0.717) is 12.5 Å². The molecule has 1 amide bonds. The largest absolute Gasteiger partial charge is 0.497 e. The van der Waals surface area contributed by atoms with Crippen LogP contribution in [0.3, 0.4) is 0 Å². The number of hydrogen-bond acceptors (Lipinski definition) is 3. The molecule has 0 spiro atoms. The summed E-state index contributed by atoms with van der Waals surface area (Å²) in [6.07, 6.45) is 3.04. The van der Waals surface area contributed by atoms with Crippen LogP contribution in [0.15, 0.2) is 24.3 Å². The fourth-order valence-electron chi connectivity index (χ4n) is 1.99. The summed E-state index contributed by atoms with van der Waals surface area (Å²) in [7, 11) is 1.64. The van der Waals surface area contributed by atoms with Crippen molar-refractivity contribution in [3.63, 3.8) is 0 Å². The van der Waals surface area contributed by atoms with Crippen LogP contribution in [0.1, 0.15) is 37.8 Å². The Hall–Kier alpha value is -1.55. The minimum Gasteiger partial charge on any atom is -0.497 e. The van der Waals surface area contributed by atoms with Gasteiger partial charge >= 0.3 is 0 Å². The van der Waals surface area contributed by atoms with Gasteiger partial charge in [-0.3, -0.25) is 4.79 Å². The zero-order chi connectivity index (χ0) is 13.7. The minimum absolute atomic E-state index is 0.00326. The number of nitrogens with one attached hydrogen (secondary N) is 2. The van der Waals surface area contributed by atoms with Crippen LogP contribution in [-0.2, 0) is 4.79 Å². The lowest BCUT2D eigenvalue weighted by Crippen LogP contribution is -2.30. The summed E-state index contributed by atoms with van der Waals surface area (Å²) in [4.78, 5) is 11.8. The first-order valence-electron chi connectivity index (χ1n) is 6.85. The van der Waals surface area contributed by atoms with Crippen molar-refractivity contribution in [1.82, 2.24) is 10.6 Å². The molecule has 19 heavy (non-hydrogen) atoms. The number of methoxy groups -OCH3 is 1. The van der Waals surface area contributed by atoms with Gasteiger partial charge in [-0.2, -0.15) is 0 Å². The van der Waals surface area contributed by atoms with Crippen molar-refractivity contribution >= 4 is 5.91 Å². The Balaban J connectivity index is 1.77. The molecule has 0 heterocycles. The highest BCUT2D eigenvalue weighted by Crippen LogP contribution is 2.19. The van der Waals surface area contributed by atoms with Crippen LogP contribution < -0.4 is 15.4 Å². The van der Waals surface area contributed by atoms with Crippen molar-refractivity contribution < 1.29 is 9.53 Å². The molecule has 1 aliphatic rings. The zero-order valence-corrected chi connectivity index (χ0v) is 11.6. The maximum Gasteiger partial charge on any atom is 0.221 e. The highest BCUT2D eigenvalue weighted by Gasteiger charge is 2.20. The molecule has 1 fully saturated rings. The van der Waals surface area contributed by atoms with Crippen molar-refractivity contribution in [3.8, 4) is 5.75 Å². The molecule has 2 rings (SSSR count). The summed E-state index contributed by atoms with van der Waals surface area (Å²) in [5, 5.41) is 6.35. The van der Waals surface area contributed by atoms with Crippen molar-refractivity contribution in [2.45, 2.75) is 38.3 Å². The van der Waals surface area contributed by atoms with Crippen LogP contribution in [-0.4, -0.2) is 25.6 Å². The molecule has 0 aromatic heterocycles. The summed E-state index contributed by atoms with van der Waals surface area (Å²) in [5.74, 6) is 0.900. The lowest BCUT2D eigenvalue weighted by molar-refractivity contribution is -0.121. The Morgan fingerprint density at radius 3 is 2.95 bits per heavy atom. The lowest BCUT2D eigenvalue weighted by atomic mass is 10.1. The maximum atomic E-state index is 11.8. The lowest BCUT2D eigenvalue weighted by Gasteiger charge is -2.15. The Labute approximate surface area is 114 Å². The molecule has 1 aromatic rings. The van der Waals surface area contributed by atoms with E-state index in [1.807, 2.05) is 31.2 Å². The smallest absolute Gasteiger partial charge is 0.221 e. The third-order valence-electron chi connectivity index (χ3n) is 3.33. The normalized spacial score (nSPS) is 15.9. The van der Waals surface area contributed by atoms with Gasteiger partial charge in [-0.25, -0.2) is 0 Å². The first-order chi connectivity index (χ1) is 9.19. The van der Waals surface area contributed by atoms with E-state index in [0.717, 1.165) is 17.9 Å². The molecule has 0 aliphatic heterocycles. The van der Waals surface area contributed by atoms with E-state index in [9.17, 15) is 4.79 Å². The van der Waals surface area contributed by atoms with Crippen molar-refractivity contribution in [2.24, 2.45) is 0 Å². The van der Waals surface area contributed by atoms with Crippen LogP contribution in [0.2, 0.25) is 0 Å². The second-order valence-corrected chi connectivity index (χ2v) is 5.04. The van der Waals surface area contributed by atoms with Gasteiger partial charge in [0.05, 0.1) is 13.2 Å². The van der Waals surface area contributed by atoms with Gasteiger partial charge in [0.1, 0.15) is 5.75 Å². The van der Waals surface area contributed by atoms with Gasteiger partial charge in [-0.15, -0.1) is 0 Å². The molecule has 4 heteroatoms. The Bertz CT molecular complexity index is 430. The number of hydrogen-bond donors (Lipinski definition) is 2. The number of ether oxygens (including phenoxy) is 1. The monoisotopic (exact) mass is 262 g/mol. The first kappa shape index (κ1) is 13.9. The molecule has 1 unspecified atom stereocenters. The third-order valence-corrected chi connectivity index (χ3v) is 3.33. The Morgan fingerprint density at radius 1 is 1.47 bits per heavy atom. The van der Waals surface area contributed by atoms with Crippen LogP contribution in [0.4, 0.5) is 0 Å². The molecular weight excluding hydrogens is 240 g/mol. The molecule has 1 aromatic carbocycles. The predicted octanol–water partition coefficient (Wildman–Crippen LogP) is 2.01. The average Bonchev–Trinajstić information content (AvgIpc) is 3.23. The SMILES string of the molecule is COc1cccc(C(C)NC(=O)CCNC2CC2)c1. The molecule has 0 saturated heterocycles. The highest BCUT2D eigenvalue weighted by atomic mass is 16.5. The average molecular weight is 262 g/mol. The zero-order valence-electron chi connectivity index (χ0n) is 11.6. The molecule has 0 radical (unpaired) electrons. The van der Waals surface area contributed by atoms with E-state index in [4.69, 9.17) is 4.74 Å². The Morgan fingerprint density at radius 2 is 2.26 bits per heavy atom. The topological polar surface area (TPSA) is 50.4 Å². The molecule has 0 bridgehead atoms. The van der Waals surface area contributed by atoms with Crippen molar-refractivity contribution in [3.05, 3.63) is 29.8 Å². The van der Waals surface area contributed by atoms with E-state index >= 15 is 0 Å². The second kappa shape index (κ2) is 6.57. The van der Waals surface area contributed by atoms with Gasteiger partial charge in [-0.1, -0.05) is 12.1 Å². The second-order valence-electron chi connectivity index (χ2n) is 5.04. The number of benzene rings is 1. The van der Waals surface area contributed by atoms with Gasteiger partial charge in [0.25, 0.3) is 0 Å². The minimum atomic E-state index is 0.00326. The van der Waals surface area contributed by atoms with Gasteiger partial charge in [0.2, 0.25) is 5.91 Å². The molecule has 1 saturated carbocycles. The van der Waals surface area contributed by atoms with E-state index < -0.39 is 0 Å². The van der Waals surface area contributed by atoms with Crippen LogP contribution >= 0.6 is 0 Å². The summed E-state index contributed by atoms with van der Waals surface area (Å²) in [6.45, 7) is 2.75. The third kappa shape index (κ3) is 4.56. The Kier molecular flexibility index (Phi) is 4.80. The molecule has 2 N–H and O–H groups in total.